The van der Waals surface area contributed by atoms with Crippen molar-refractivity contribution >= 4 is 0 Å². The molecular formula is C16H23NO2. The summed E-state index contributed by atoms with van der Waals surface area (Å²) < 4.78 is 11.5. The first-order chi connectivity index (χ1) is 9.28. The molecule has 1 aliphatic heterocycles. The first-order valence-electron chi connectivity index (χ1n) is 7.41. The third-order valence-corrected chi connectivity index (χ3v) is 4.22. The second kappa shape index (κ2) is 5.51. The monoisotopic (exact) mass is 261 g/mol. The molecule has 3 unspecified atom stereocenters. The number of hydrogen-bond donors (Lipinski definition) is 1. The van der Waals surface area contributed by atoms with E-state index in [0.717, 1.165) is 25.2 Å². The maximum absolute atomic E-state index is 6.41. The molecule has 0 bridgehead atoms. The molecule has 1 saturated heterocycles. The highest BCUT2D eigenvalue weighted by molar-refractivity contribution is 5.30. The molecule has 1 aromatic rings. The first kappa shape index (κ1) is 12.9. The minimum atomic E-state index is 0.0717. The van der Waals surface area contributed by atoms with Crippen molar-refractivity contribution in [3.8, 4) is 5.75 Å². The second-order valence-corrected chi connectivity index (χ2v) is 5.68. The molecule has 1 heterocycles. The van der Waals surface area contributed by atoms with Gasteiger partial charge in [0.25, 0.3) is 0 Å². The van der Waals surface area contributed by atoms with Gasteiger partial charge in [-0.1, -0.05) is 19.1 Å². The average Bonchev–Trinajstić information content (AvgIpc) is 3.12. The summed E-state index contributed by atoms with van der Waals surface area (Å²) in [6.45, 7) is 3.02. The Balaban J connectivity index is 1.66. The summed E-state index contributed by atoms with van der Waals surface area (Å²) in [6.07, 6.45) is 5.27. The zero-order valence-electron chi connectivity index (χ0n) is 11.5. The molecule has 2 fully saturated rings. The van der Waals surface area contributed by atoms with Gasteiger partial charge in [-0.3, -0.25) is 0 Å². The fraction of sp³-hybridized carbons (Fsp3) is 0.625. The Kier molecular flexibility index (Phi) is 3.76. The maximum Gasteiger partial charge on any atom is 0.119 e. The Labute approximate surface area is 115 Å². The molecule has 3 atom stereocenters. The second-order valence-electron chi connectivity index (χ2n) is 5.68. The maximum atomic E-state index is 6.41. The lowest BCUT2D eigenvalue weighted by Crippen LogP contribution is -2.27. The van der Waals surface area contributed by atoms with Crippen LogP contribution in [-0.4, -0.2) is 18.8 Å². The van der Waals surface area contributed by atoms with Crippen LogP contribution in [0.5, 0.6) is 5.75 Å². The third-order valence-electron chi connectivity index (χ3n) is 4.22. The quantitative estimate of drug-likeness (QED) is 0.886. The van der Waals surface area contributed by atoms with Gasteiger partial charge in [0.1, 0.15) is 5.75 Å². The molecule has 1 saturated carbocycles. The smallest absolute Gasteiger partial charge is 0.119 e. The van der Waals surface area contributed by atoms with Crippen molar-refractivity contribution in [2.75, 3.05) is 6.61 Å². The van der Waals surface area contributed by atoms with Gasteiger partial charge in [-0.05, 0) is 43.4 Å². The summed E-state index contributed by atoms with van der Waals surface area (Å²) in [6, 6.07) is 8.37. The van der Waals surface area contributed by atoms with Gasteiger partial charge < -0.3 is 15.2 Å². The van der Waals surface area contributed by atoms with Gasteiger partial charge in [-0.25, -0.2) is 0 Å². The first-order valence-corrected chi connectivity index (χ1v) is 7.41. The van der Waals surface area contributed by atoms with Crippen LogP contribution in [0.25, 0.3) is 0 Å². The minimum absolute atomic E-state index is 0.0717. The van der Waals surface area contributed by atoms with Crippen LogP contribution in [0.2, 0.25) is 0 Å². The normalized spacial score (nSPS) is 28.3. The summed E-state index contributed by atoms with van der Waals surface area (Å²) in [7, 11) is 0. The van der Waals surface area contributed by atoms with Gasteiger partial charge in [0.05, 0.1) is 12.2 Å². The Morgan fingerprint density at radius 3 is 2.63 bits per heavy atom. The Hall–Kier alpha value is -1.06. The van der Waals surface area contributed by atoms with Crippen molar-refractivity contribution in [3.05, 3.63) is 29.8 Å². The molecule has 2 N–H and O–H groups in total. The van der Waals surface area contributed by atoms with Crippen molar-refractivity contribution < 1.29 is 9.47 Å². The van der Waals surface area contributed by atoms with Crippen LogP contribution in [0.1, 0.15) is 44.2 Å². The molecule has 3 nitrogen and oxygen atoms in total. The largest absolute Gasteiger partial charge is 0.490 e. The Morgan fingerprint density at radius 1 is 1.26 bits per heavy atom. The van der Waals surface area contributed by atoms with E-state index in [2.05, 4.69) is 19.1 Å². The van der Waals surface area contributed by atoms with E-state index in [1.54, 1.807) is 0 Å². The van der Waals surface area contributed by atoms with Crippen LogP contribution < -0.4 is 10.5 Å². The van der Waals surface area contributed by atoms with Gasteiger partial charge in [0, 0.05) is 18.6 Å². The zero-order valence-corrected chi connectivity index (χ0v) is 11.5. The molecule has 1 aliphatic carbocycles. The molecule has 0 amide bonds. The van der Waals surface area contributed by atoms with E-state index < -0.39 is 0 Å². The fourth-order valence-electron chi connectivity index (χ4n) is 2.89. The molecule has 19 heavy (non-hydrogen) atoms. The summed E-state index contributed by atoms with van der Waals surface area (Å²) >= 11 is 0. The topological polar surface area (TPSA) is 44.5 Å². The van der Waals surface area contributed by atoms with E-state index in [4.69, 9.17) is 15.2 Å². The van der Waals surface area contributed by atoms with Gasteiger partial charge in [-0.15, -0.1) is 0 Å². The van der Waals surface area contributed by atoms with Gasteiger partial charge in [-0.2, -0.15) is 0 Å². The van der Waals surface area contributed by atoms with E-state index in [1.165, 1.54) is 18.4 Å². The predicted octanol–water partition coefficient (Wildman–Crippen LogP) is 3.04. The van der Waals surface area contributed by atoms with Crippen LogP contribution in [0, 0.1) is 5.92 Å². The summed E-state index contributed by atoms with van der Waals surface area (Å²) in [5, 5.41) is 0. The van der Waals surface area contributed by atoms with Crippen LogP contribution in [0.3, 0.4) is 0 Å². The third kappa shape index (κ3) is 2.93. The molecule has 3 rings (SSSR count). The molecule has 0 aromatic heterocycles. The molecule has 1 aromatic carbocycles. The van der Waals surface area contributed by atoms with E-state index in [9.17, 15) is 0 Å². The van der Waals surface area contributed by atoms with Crippen molar-refractivity contribution in [2.24, 2.45) is 11.7 Å². The van der Waals surface area contributed by atoms with E-state index in [-0.39, 0.29) is 6.04 Å². The Morgan fingerprint density at radius 2 is 2.00 bits per heavy atom. The molecule has 104 valence electrons. The van der Waals surface area contributed by atoms with Gasteiger partial charge >= 0.3 is 0 Å². The number of hydrogen-bond acceptors (Lipinski definition) is 3. The highest BCUT2D eigenvalue weighted by Crippen LogP contribution is 2.34. The molecule has 3 heteroatoms. The number of nitrogens with two attached hydrogens (primary N) is 1. The zero-order chi connectivity index (χ0) is 13.2. The van der Waals surface area contributed by atoms with E-state index in [0.29, 0.717) is 18.1 Å². The number of ether oxygens (including phenoxy) is 2. The summed E-state index contributed by atoms with van der Waals surface area (Å²) in [5.41, 5.74) is 7.60. The lowest BCUT2D eigenvalue weighted by atomic mass is 9.87. The van der Waals surface area contributed by atoms with Crippen LogP contribution in [-0.2, 0) is 4.74 Å². The van der Waals surface area contributed by atoms with Crippen LogP contribution in [0.15, 0.2) is 24.3 Å². The standard InChI is InChI=1S/C16H23NO2/c1-2-15-14(9-10-18-15)16(17)11-3-5-12(6-4-11)19-13-7-8-13/h3-6,13-16H,2,7-10,17H2,1H3. The lowest BCUT2D eigenvalue weighted by Gasteiger charge is -2.24. The van der Waals surface area contributed by atoms with Gasteiger partial charge in [0.15, 0.2) is 0 Å². The average molecular weight is 261 g/mol. The van der Waals surface area contributed by atoms with Crippen molar-refractivity contribution in [1.29, 1.82) is 0 Å². The number of rotatable bonds is 5. The van der Waals surface area contributed by atoms with Crippen LogP contribution >= 0.6 is 0 Å². The molecular weight excluding hydrogens is 238 g/mol. The SMILES string of the molecule is CCC1OCCC1C(N)c1ccc(OC2CC2)cc1. The predicted molar refractivity (Wildman–Crippen MR) is 75.2 cm³/mol. The van der Waals surface area contributed by atoms with Crippen molar-refractivity contribution in [1.82, 2.24) is 0 Å². The van der Waals surface area contributed by atoms with Crippen LogP contribution in [0.4, 0.5) is 0 Å². The highest BCUT2D eigenvalue weighted by Gasteiger charge is 2.32. The molecule has 0 spiro atoms. The summed E-state index contributed by atoms with van der Waals surface area (Å²) in [4.78, 5) is 0. The van der Waals surface area contributed by atoms with E-state index >= 15 is 0 Å². The highest BCUT2D eigenvalue weighted by atomic mass is 16.5. The number of benzene rings is 1. The minimum Gasteiger partial charge on any atom is -0.490 e. The summed E-state index contributed by atoms with van der Waals surface area (Å²) in [5.74, 6) is 1.41. The fourth-order valence-corrected chi connectivity index (χ4v) is 2.89. The van der Waals surface area contributed by atoms with Crippen molar-refractivity contribution in [2.45, 2.75) is 50.9 Å². The van der Waals surface area contributed by atoms with E-state index in [1.807, 2.05) is 12.1 Å². The molecule has 2 aliphatic rings. The van der Waals surface area contributed by atoms with Crippen molar-refractivity contribution in [3.63, 3.8) is 0 Å². The van der Waals surface area contributed by atoms with Gasteiger partial charge in [0.2, 0.25) is 0 Å². The Bertz CT molecular complexity index is 413. The lowest BCUT2D eigenvalue weighted by molar-refractivity contribution is 0.0813. The molecule has 0 radical (unpaired) electrons.